The van der Waals surface area contributed by atoms with E-state index in [2.05, 4.69) is 67.1 Å². The highest BCUT2D eigenvalue weighted by Gasteiger charge is 2.18. The van der Waals surface area contributed by atoms with Crippen molar-refractivity contribution in [2.24, 2.45) is 5.92 Å². The highest BCUT2D eigenvalue weighted by atomic mass is 16.5. The van der Waals surface area contributed by atoms with Crippen molar-refractivity contribution in [2.75, 3.05) is 50.8 Å². The van der Waals surface area contributed by atoms with E-state index in [4.69, 9.17) is 4.74 Å². The van der Waals surface area contributed by atoms with Crippen LogP contribution in [0.1, 0.15) is 71.8 Å². The van der Waals surface area contributed by atoms with Gasteiger partial charge in [0.2, 0.25) is 0 Å². The van der Waals surface area contributed by atoms with Crippen molar-refractivity contribution < 1.29 is 4.74 Å². The molecule has 0 amide bonds. The average Bonchev–Trinajstić information content (AvgIpc) is 2.77. The van der Waals surface area contributed by atoms with Crippen LogP contribution in [0, 0.1) is 5.92 Å². The molecule has 4 nitrogen and oxygen atoms in total. The van der Waals surface area contributed by atoms with E-state index in [1.807, 2.05) is 0 Å². The van der Waals surface area contributed by atoms with Gasteiger partial charge in [-0.2, -0.15) is 0 Å². The summed E-state index contributed by atoms with van der Waals surface area (Å²) in [4.78, 5) is 5.08. The Bertz CT molecular complexity index is 538. The minimum atomic E-state index is 0.659. The number of hydrogen-bond donors (Lipinski definition) is 1. The number of benzene rings is 1. The molecule has 0 aromatic heterocycles. The summed E-state index contributed by atoms with van der Waals surface area (Å²) in [5.41, 5.74) is 2.74. The van der Waals surface area contributed by atoms with E-state index in [1.54, 1.807) is 0 Å². The first kappa shape index (κ1) is 25.2. The lowest BCUT2D eigenvalue weighted by Crippen LogP contribution is -2.48. The molecular formula is C26H47N3O. The fourth-order valence-electron chi connectivity index (χ4n) is 4.01. The number of piperazine rings is 1. The standard InChI is InChI=1S/C26H47N3O/c1-5-24(4)10-6-8-20-30-21-9-7-15-27-22-25-11-13-26(14-12-25)29-18-16-28(17-19-29)23(2)3/h11-14,23-24,27H,5-10,15-22H2,1-4H3. The Labute approximate surface area is 186 Å². The molecule has 4 heteroatoms. The normalized spacial score (nSPS) is 16.4. The number of anilines is 1. The molecule has 1 atom stereocenters. The first-order valence-corrected chi connectivity index (χ1v) is 12.5. The maximum atomic E-state index is 5.77. The molecular weight excluding hydrogens is 370 g/mol. The Morgan fingerprint density at radius 1 is 0.900 bits per heavy atom. The monoisotopic (exact) mass is 417 g/mol. The zero-order valence-corrected chi connectivity index (χ0v) is 20.2. The summed E-state index contributed by atoms with van der Waals surface area (Å²) in [6, 6.07) is 9.79. The van der Waals surface area contributed by atoms with Crippen LogP contribution in [0.4, 0.5) is 5.69 Å². The molecule has 1 aliphatic heterocycles. The lowest BCUT2D eigenvalue weighted by Gasteiger charge is -2.38. The van der Waals surface area contributed by atoms with Gasteiger partial charge < -0.3 is 15.0 Å². The first-order chi connectivity index (χ1) is 14.6. The second-order valence-electron chi connectivity index (χ2n) is 9.29. The Hall–Kier alpha value is -1.10. The SMILES string of the molecule is CCC(C)CCCCOCCCCNCc1ccc(N2CCN(C(C)C)CC2)cc1. The smallest absolute Gasteiger partial charge is 0.0466 e. The lowest BCUT2D eigenvalue weighted by atomic mass is 10.0. The van der Waals surface area contributed by atoms with E-state index < -0.39 is 0 Å². The predicted octanol–water partition coefficient (Wildman–Crippen LogP) is 5.32. The van der Waals surface area contributed by atoms with Crippen molar-refractivity contribution in [1.29, 1.82) is 0 Å². The van der Waals surface area contributed by atoms with Gasteiger partial charge in [0.15, 0.2) is 0 Å². The zero-order chi connectivity index (χ0) is 21.6. The molecule has 1 aromatic carbocycles. The van der Waals surface area contributed by atoms with Crippen molar-refractivity contribution in [1.82, 2.24) is 10.2 Å². The van der Waals surface area contributed by atoms with Crippen molar-refractivity contribution in [3.05, 3.63) is 29.8 Å². The maximum Gasteiger partial charge on any atom is 0.0466 e. The fraction of sp³-hybridized carbons (Fsp3) is 0.769. The van der Waals surface area contributed by atoms with E-state index in [0.717, 1.165) is 51.7 Å². The predicted molar refractivity (Wildman–Crippen MR) is 130 cm³/mol. The van der Waals surface area contributed by atoms with Crippen molar-refractivity contribution >= 4 is 5.69 Å². The van der Waals surface area contributed by atoms with E-state index in [0.29, 0.717) is 6.04 Å². The van der Waals surface area contributed by atoms with E-state index >= 15 is 0 Å². The van der Waals surface area contributed by atoms with Crippen molar-refractivity contribution in [3.63, 3.8) is 0 Å². The third-order valence-corrected chi connectivity index (χ3v) is 6.50. The summed E-state index contributed by atoms with van der Waals surface area (Å²) < 4.78 is 5.77. The van der Waals surface area contributed by atoms with E-state index in [9.17, 15) is 0 Å². The van der Waals surface area contributed by atoms with Crippen LogP contribution in [-0.2, 0) is 11.3 Å². The molecule has 172 valence electrons. The second kappa shape index (κ2) is 14.8. The minimum absolute atomic E-state index is 0.659. The number of rotatable bonds is 15. The van der Waals surface area contributed by atoms with Gasteiger partial charge >= 0.3 is 0 Å². The number of nitrogens with one attached hydrogen (secondary N) is 1. The third-order valence-electron chi connectivity index (χ3n) is 6.50. The van der Waals surface area contributed by atoms with Crippen LogP contribution in [0.3, 0.4) is 0 Å². The van der Waals surface area contributed by atoms with E-state index in [-0.39, 0.29) is 0 Å². The molecule has 1 N–H and O–H groups in total. The van der Waals surface area contributed by atoms with Crippen LogP contribution < -0.4 is 10.2 Å². The van der Waals surface area contributed by atoms with Crippen LogP contribution in [0.25, 0.3) is 0 Å². The molecule has 2 rings (SSSR count). The van der Waals surface area contributed by atoms with Crippen molar-refractivity contribution in [2.45, 2.75) is 78.8 Å². The zero-order valence-electron chi connectivity index (χ0n) is 20.2. The molecule has 1 saturated heterocycles. The highest BCUT2D eigenvalue weighted by Crippen LogP contribution is 2.18. The lowest BCUT2D eigenvalue weighted by molar-refractivity contribution is 0.125. The van der Waals surface area contributed by atoms with Gasteiger partial charge in [0.25, 0.3) is 0 Å². The van der Waals surface area contributed by atoms with Gasteiger partial charge in [-0.3, -0.25) is 4.90 Å². The molecule has 0 spiro atoms. The summed E-state index contributed by atoms with van der Waals surface area (Å²) >= 11 is 0. The summed E-state index contributed by atoms with van der Waals surface area (Å²) in [6.45, 7) is 17.7. The van der Waals surface area contributed by atoms with Gasteiger partial charge in [0.1, 0.15) is 0 Å². The Kier molecular flexibility index (Phi) is 12.4. The molecule has 0 radical (unpaired) electrons. The molecule has 30 heavy (non-hydrogen) atoms. The summed E-state index contributed by atoms with van der Waals surface area (Å²) in [5.74, 6) is 0.868. The van der Waals surface area contributed by atoms with Crippen molar-refractivity contribution in [3.8, 4) is 0 Å². The Balaban J connectivity index is 1.47. The number of nitrogens with zero attached hydrogens (tertiary/aromatic N) is 2. The van der Waals surface area contributed by atoms with Crippen LogP contribution in [0.15, 0.2) is 24.3 Å². The largest absolute Gasteiger partial charge is 0.381 e. The van der Waals surface area contributed by atoms with Crippen LogP contribution >= 0.6 is 0 Å². The molecule has 0 aliphatic carbocycles. The highest BCUT2D eigenvalue weighted by molar-refractivity contribution is 5.48. The van der Waals surface area contributed by atoms with Gasteiger partial charge in [-0.1, -0.05) is 45.2 Å². The van der Waals surface area contributed by atoms with Crippen LogP contribution in [-0.4, -0.2) is 56.9 Å². The first-order valence-electron chi connectivity index (χ1n) is 12.5. The van der Waals surface area contributed by atoms with Gasteiger partial charge in [-0.25, -0.2) is 0 Å². The summed E-state index contributed by atoms with van der Waals surface area (Å²) in [7, 11) is 0. The quantitative estimate of drug-likeness (QED) is 0.391. The topological polar surface area (TPSA) is 27.7 Å². The average molecular weight is 418 g/mol. The number of hydrogen-bond acceptors (Lipinski definition) is 4. The maximum absolute atomic E-state index is 5.77. The van der Waals surface area contributed by atoms with Crippen LogP contribution in [0.2, 0.25) is 0 Å². The molecule has 1 fully saturated rings. The Morgan fingerprint density at radius 3 is 2.20 bits per heavy atom. The van der Waals surface area contributed by atoms with Gasteiger partial charge in [0, 0.05) is 57.7 Å². The molecule has 1 heterocycles. The molecule has 1 unspecified atom stereocenters. The third kappa shape index (κ3) is 9.80. The van der Waals surface area contributed by atoms with Crippen LogP contribution in [0.5, 0.6) is 0 Å². The molecule has 1 aromatic rings. The molecule has 0 saturated carbocycles. The number of ether oxygens (including phenoxy) is 1. The minimum Gasteiger partial charge on any atom is -0.381 e. The summed E-state index contributed by atoms with van der Waals surface area (Å²) in [5, 5.41) is 3.57. The van der Waals surface area contributed by atoms with Gasteiger partial charge in [-0.15, -0.1) is 0 Å². The fourth-order valence-corrected chi connectivity index (χ4v) is 4.01. The summed E-state index contributed by atoms with van der Waals surface area (Å²) in [6.07, 6.45) is 7.51. The molecule has 0 bridgehead atoms. The second-order valence-corrected chi connectivity index (χ2v) is 9.29. The van der Waals surface area contributed by atoms with Gasteiger partial charge in [0.05, 0.1) is 0 Å². The van der Waals surface area contributed by atoms with Gasteiger partial charge in [-0.05, 0) is 63.3 Å². The molecule has 1 aliphatic rings. The van der Waals surface area contributed by atoms with E-state index in [1.165, 1.54) is 56.4 Å². The number of unbranched alkanes of at least 4 members (excludes halogenated alkanes) is 2. The Morgan fingerprint density at radius 2 is 1.57 bits per heavy atom.